The minimum atomic E-state index is -1.42. The maximum atomic E-state index is 13.1. The van der Waals surface area contributed by atoms with Crippen molar-refractivity contribution in [2.75, 3.05) is 0 Å². The zero-order valence-corrected chi connectivity index (χ0v) is 20.1. The van der Waals surface area contributed by atoms with Crippen molar-refractivity contribution in [3.8, 4) is 0 Å². The predicted molar refractivity (Wildman–Crippen MR) is 125 cm³/mol. The van der Waals surface area contributed by atoms with Gasteiger partial charge >= 0.3 is 17.9 Å². The SMILES string of the molecule is CC(C)CC(C(=O)OCc1ccccc1)C(C(=O)OCc1ccccc1)C(=O)OC(C)(C)C. The van der Waals surface area contributed by atoms with Crippen LogP contribution in [-0.2, 0) is 41.8 Å². The molecule has 0 saturated heterocycles. The summed E-state index contributed by atoms with van der Waals surface area (Å²) in [6.07, 6.45) is 0.276. The van der Waals surface area contributed by atoms with Gasteiger partial charge in [-0.2, -0.15) is 0 Å². The Labute approximate surface area is 196 Å². The van der Waals surface area contributed by atoms with Gasteiger partial charge in [-0.15, -0.1) is 0 Å². The summed E-state index contributed by atoms with van der Waals surface area (Å²) in [6.45, 7) is 9.01. The van der Waals surface area contributed by atoms with Crippen molar-refractivity contribution < 1.29 is 28.6 Å². The highest BCUT2D eigenvalue weighted by atomic mass is 16.6. The molecule has 0 aliphatic heterocycles. The Balaban J connectivity index is 2.25. The number of hydrogen-bond donors (Lipinski definition) is 0. The molecule has 0 spiro atoms. The molecule has 6 heteroatoms. The van der Waals surface area contributed by atoms with E-state index < -0.39 is 35.3 Å². The van der Waals surface area contributed by atoms with Crippen molar-refractivity contribution in [1.29, 1.82) is 0 Å². The van der Waals surface area contributed by atoms with Crippen LogP contribution in [0.1, 0.15) is 52.2 Å². The van der Waals surface area contributed by atoms with Crippen molar-refractivity contribution in [1.82, 2.24) is 0 Å². The Bertz CT molecular complexity index is 899. The van der Waals surface area contributed by atoms with E-state index in [1.807, 2.05) is 74.5 Å². The Morgan fingerprint density at radius 1 is 0.727 bits per heavy atom. The maximum Gasteiger partial charge on any atom is 0.321 e. The predicted octanol–water partition coefficient (Wildman–Crippen LogP) is 5.09. The molecule has 33 heavy (non-hydrogen) atoms. The molecule has 0 aromatic heterocycles. The van der Waals surface area contributed by atoms with E-state index in [1.54, 1.807) is 20.8 Å². The van der Waals surface area contributed by atoms with Gasteiger partial charge in [0.1, 0.15) is 18.8 Å². The number of carbonyl (C=O) groups excluding carboxylic acids is 3. The van der Waals surface area contributed by atoms with Gasteiger partial charge in [0.25, 0.3) is 0 Å². The second-order valence-corrected chi connectivity index (χ2v) is 9.43. The lowest BCUT2D eigenvalue weighted by Crippen LogP contribution is -2.42. The minimum Gasteiger partial charge on any atom is -0.461 e. The van der Waals surface area contributed by atoms with E-state index in [1.165, 1.54) is 0 Å². The van der Waals surface area contributed by atoms with Gasteiger partial charge in [0, 0.05) is 0 Å². The quantitative estimate of drug-likeness (QED) is 0.283. The highest BCUT2D eigenvalue weighted by molar-refractivity contribution is 5.99. The second-order valence-electron chi connectivity index (χ2n) is 9.43. The minimum absolute atomic E-state index is 0.00751. The van der Waals surface area contributed by atoms with E-state index in [-0.39, 0.29) is 25.6 Å². The summed E-state index contributed by atoms with van der Waals surface area (Å²) in [4.78, 5) is 39.3. The number of hydrogen-bond acceptors (Lipinski definition) is 6. The smallest absolute Gasteiger partial charge is 0.321 e. The summed E-state index contributed by atoms with van der Waals surface area (Å²) < 4.78 is 16.5. The van der Waals surface area contributed by atoms with Crippen LogP contribution >= 0.6 is 0 Å². The molecule has 6 nitrogen and oxygen atoms in total. The first-order valence-electron chi connectivity index (χ1n) is 11.2. The van der Waals surface area contributed by atoms with Crippen LogP contribution in [0.25, 0.3) is 0 Å². The van der Waals surface area contributed by atoms with Crippen molar-refractivity contribution in [2.45, 2.75) is 59.9 Å². The van der Waals surface area contributed by atoms with Crippen LogP contribution in [-0.4, -0.2) is 23.5 Å². The number of ether oxygens (including phenoxy) is 3. The topological polar surface area (TPSA) is 78.9 Å². The Morgan fingerprint density at radius 2 is 1.18 bits per heavy atom. The van der Waals surface area contributed by atoms with Gasteiger partial charge in [0.05, 0.1) is 5.92 Å². The standard InChI is InChI=1S/C27H34O6/c1-19(2)16-22(24(28)31-17-20-12-8-6-9-13-20)23(26(30)33-27(3,4)5)25(29)32-18-21-14-10-7-11-15-21/h6-15,19,22-23H,16-18H2,1-5H3. The van der Waals surface area contributed by atoms with Crippen LogP contribution < -0.4 is 0 Å². The second kappa shape index (κ2) is 12.2. The first-order chi connectivity index (χ1) is 15.6. The fourth-order valence-corrected chi connectivity index (χ4v) is 3.32. The first kappa shape index (κ1) is 26.1. The van der Waals surface area contributed by atoms with E-state index in [2.05, 4.69) is 0 Å². The summed E-state index contributed by atoms with van der Waals surface area (Å²) in [7, 11) is 0. The van der Waals surface area contributed by atoms with Gasteiger partial charge in [0.15, 0.2) is 5.92 Å². The van der Waals surface area contributed by atoms with Gasteiger partial charge in [-0.3, -0.25) is 14.4 Å². The molecule has 2 aromatic carbocycles. The summed E-state index contributed by atoms with van der Waals surface area (Å²) in [5.74, 6) is -4.62. The van der Waals surface area contributed by atoms with Crippen LogP contribution in [0.15, 0.2) is 60.7 Å². The summed E-state index contributed by atoms with van der Waals surface area (Å²) in [5, 5.41) is 0. The molecule has 0 fully saturated rings. The van der Waals surface area contributed by atoms with Crippen LogP contribution in [0.5, 0.6) is 0 Å². The average Bonchev–Trinajstić information content (AvgIpc) is 2.75. The van der Waals surface area contributed by atoms with Gasteiger partial charge < -0.3 is 14.2 Å². The summed E-state index contributed by atoms with van der Waals surface area (Å²) >= 11 is 0. The van der Waals surface area contributed by atoms with Crippen LogP contribution in [0.3, 0.4) is 0 Å². The zero-order chi connectivity index (χ0) is 24.4. The molecule has 0 bridgehead atoms. The molecule has 2 aromatic rings. The number of rotatable bonds is 10. The third-order valence-corrected chi connectivity index (χ3v) is 4.79. The molecular weight excluding hydrogens is 420 g/mol. The molecule has 2 rings (SSSR count). The van der Waals surface area contributed by atoms with Crippen molar-refractivity contribution >= 4 is 17.9 Å². The lowest BCUT2D eigenvalue weighted by atomic mass is 9.85. The van der Waals surface area contributed by atoms with Gasteiger partial charge in [0.2, 0.25) is 0 Å². The Morgan fingerprint density at radius 3 is 1.61 bits per heavy atom. The molecule has 0 heterocycles. The van der Waals surface area contributed by atoms with E-state index in [9.17, 15) is 14.4 Å². The number of benzene rings is 2. The van der Waals surface area contributed by atoms with Gasteiger partial charge in [-0.1, -0.05) is 74.5 Å². The third-order valence-electron chi connectivity index (χ3n) is 4.79. The Hall–Kier alpha value is -3.15. The van der Waals surface area contributed by atoms with E-state index in [4.69, 9.17) is 14.2 Å². The fraction of sp³-hybridized carbons (Fsp3) is 0.444. The van der Waals surface area contributed by atoms with E-state index in [0.717, 1.165) is 11.1 Å². The van der Waals surface area contributed by atoms with Crippen LogP contribution in [0, 0.1) is 17.8 Å². The van der Waals surface area contributed by atoms with Crippen molar-refractivity contribution in [3.63, 3.8) is 0 Å². The van der Waals surface area contributed by atoms with Crippen LogP contribution in [0.2, 0.25) is 0 Å². The Kier molecular flexibility index (Phi) is 9.64. The van der Waals surface area contributed by atoms with E-state index in [0.29, 0.717) is 0 Å². The monoisotopic (exact) mass is 454 g/mol. The molecule has 2 atom stereocenters. The van der Waals surface area contributed by atoms with Crippen molar-refractivity contribution in [2.24, 2.45) is 17.8 Å². The molecule has 0 saturated carbocycles. The number of esters is 3. The molecule has 0 aliphatic carbocycles. The molecule has 2 unspecified atom stereocenters. The number of carbonyl (C=O) groups is 3. The lowest BCUT2D eigenvalue weighted by Gasteiger charge is -2.28. The largest absolute Gasteiger partial charge is 0.461 e. The zero-order valence-electron chi connectivity index (χ0n) is 20.1. The lowest BCUT2D eigenvalue weighted by molar-refractivity contribution is -0.179. The normalized spacial score (nSPS) is 13.2. The highest BCUT2D eigenvalue weighted by Crippen LogP contribution is 2.27. The first-order valence-corrected chi connectivity index (χ1v) is 11.2. The van der Waals surface area contributed by atoms with Crippen LogP contribution in [0.4, 0.5) is 0 Å². The fourth-order valence-electron chi connectivity index (χ4n) is 3.32. The van der Waals surface area contributed by atoms with Crippen molar-refractivity contribution in [3.05, 3.63) is 71.8 Å². The highest BCUT2D eigenvalue weighted by Gasteiger charge is 2.44. The average molecular weight is 455 g/mol. The third kappa shape index (κ3) is 9.08. The molecular formula is C27H34O6. The summed E-state index contributed by atoms with van der Waals surface area (Å²) in [6, 6.07) is 18.4. The molecule has 0 amide bonds. The van der Waals surface area contributed by atoms with Gasteiger partial charge in [-0.05, 0) is 44.2 Å². The summed E-state index contributed by atoms with van der Waals surface area (Å²) in [5.41, 5.74) is 0.765. The molecule has 0 aliphatic rings. The maximum absolute atomic E-state index is 13.1. The molecule has 0 N–H and O–H groups in total. The van der Waals surface area contributed by atoms with E-state index >= 15 is 0 Å². The van der Waals surface area contributed by atoms with Gasteiger partial charge in [-0.25, -0.2) is 0 Å². The molecule has 0 radical (unpaired) electrons. The molecule has 178 valence electrons.